The van der Waals surface area contributed by atoms with Gasteiger partial charge >= 0.3 is 17.9 Å². The maximum Gasteiger partial charge on any atom is 0.326 e. The highest BCUT2D eigenvalue weighted by molar-refractivity contribution is 7.98. The molecular weight excluding hydrogens is 1450 g/mol. The Bertz CT molecular complexity index is 3320. The predicted molar refractivity (Wildman–Crippen MR) is 395 cm³/mol. The molecule has 612 valence electrons. The van der Waals surface area contributed by atoms with Gasteiger partial charge in [0.1, 0.15) is 78.3 Å². The number of benzene rings is 1. The van der Waals surface area contributed by atoms with Crippen molar-refractivity contribution in [2.24, 2.45) is 57.3 Å². The Morgan fingerprint density at radius 1 is 0.422 bits per heavy atom. The third-order valence-electron chi connectivity index (χ3n) is 16.3. The second-order valence-corrected chi connectivity index (χ2v) is 28.7. The highest BCUT2D eigenvalue weighted by Gasteiger charge is 2.38. The topological polar surface area (TPSA) is 678 Å². The SMILES string of the molecule is CSCC[C@H](NC(=O)[C@H](C)NC(=O)[C@@H](NC(=O)[C@H](CC(C)C)NC(=O)[C@@H](N)CC(C)C)C(C)C)C(=O)N[C@@H](CC(=O)O)C(=O)N[C@@H](Cc1ccc(O)cc1)C(=O)N[C@@H](CO)C(=O)N[C@@H](CCC(N)=O)C(=O)N[C@@H](CCC(N)=O)C(=O)N[C@@H](CCC(=O)O)C(=O)N[C@@H](CC(C)C)C(=O)N[C@@H](CCCN=C(N)N)C(=O)O. The van der Waals surface area contributed by atoms with Crippen molar-refractivity contribution in [3.63, 3.8) is 0 Å². The van der Waals surface area contributed by atoms with Crippen molar-refractivity contribution in [3.8, 4) is 5.75 Å². The molecular formula is C68H112N18O22S. The number of aliphatic hydroxyl groups excluding tert-OH is 1. The Hall–Kier alpha value is -10.4. The Morgan fingerprint density at radius 2 is 0.807 bits per heavy atom. The number of phenols is 1. The van der Waals surface area contributed by atoms with Crippen LogP contribution in [0.2, 0.25) is 0 Å². The molecule has 0 aliphatic rings. The van der Waals surface area contributed by atoms with Gasteiger partial charge in [0.2, 0.25) is 82.7 Å². The fourth-order valence-electron chi connectivity index (χ4n) is 10.5. The molecule has 0 spiro atoms. The molecule has 0 unspecified atom stereocenters. The van der Waals surface area contributed by atoms with Gasteiger partial charge in [-0.05, 0) is 118 Å². The largest absolute Gasteiger partial charge is 0.508 e. The first-order valence-electron chi connectivity index (χ1n) is 35.5. The zero-order valence-corrected chi connectivity index (χ0v) is 63.9. The number of aliphatic imine (C=N–C) groups is 1. The maximum atomic E-state index is 14.4. The first-order valence-corrected chi connectivity index (χ1v) is 36.9. The number of aliphatic hydroxyl groups is 1. The number of amides is 14. The molecule has 0 heterocycles. The number of nitrogens with one attached hydrogen (secondary N) is 12. The molecule has 0 aliphatic carbocycles. The lowest BCUT2D eigenvalue weighted by atomic mass is 9.98. The van der Waals surface area contributed by atoms with Crippen LogP contribution in [0.1, 0.15) is 151 Å². The average molecular weight is 1570 g/mol. The second-order valence-electron chi connectivity index (χ2n) is 27.7. The second kappa shape index (κ2) is 49.5. The summed E-state index contributed by atoms with van der Waals surface area (Å²) in [5, 5.41) is 78.8. The molecule has 0 fully saturated rings. The molecule has 13 atom stereocenters. The zero-order chi connectivity index (χ0) is 83.1. The molecule has 0 bridgehead atoms. The summed E-state index contributed by atoms with van der Waals surface area (Å²) >= 11 is 1.23. The van der Waals surface area contributed by atoms with Crippen molar-refractivity contribution in [2.45, 2.75) is 231 Å². The van der Waals surface area contributed by atoms with Crippen LogP contribution in [0.5, 0.6) is 5.75 Å². The maximum absolute atomic E-state index is 14.4. The van der Waals surface area contributed by atoms with Gasteiger partial charge in [0, 0.05) is 32.2 Å². The summed E-state index contributed by atoms with van der Waals surface area (Å²) in [4.78, 5) is 232. The fourth-order valence-corrected chi connectivity index (χ4v) is 11.0. The number of carbonyl (C=O) groups excluding carboxylic acids is 14. The van der Waals surface area contributed by atoms with E-state index in [4.69, 9.17) is 28.7 Å². The first kappa shape index (κ1) is 96.6. The van der Waals surface area contributed by atoms with E-state index < -0.39 is 243 Å². The van der Waals surface area contributed by atoms with Crippen molar-refractivity contribution < 1.29 is 107 Å². The number of thioether (sulfide) groups is 1. The van der Waals surface area contributed by atoms with Crippen LogP contribution in [0.3, 0.4) is 0 Å². The standard InChI is InChI=1S/C68H112N18O22S/c1-32(2)26-39(69)56(96)81-46(28-34(5)6)64(104)86-54(35(7)8)66(106)75-36(9)55(95)76-43(23-25-109-10)60(100)84-48(30-53(93)94)63(103)83-47(29-37-13-15-38(88)16-14-37)62(102)85-49(31-87)65(105)79-41(18-21-51(71)90)58(98)77-40(17-20-50(70)89)57(97)78-42(19-22-52(91)92)59(99)82-45(27-33(3)4)61(101)80-44(67(107)108)12-11-24-74-68(72)73/h13-16,32-36,39-49,54,87-88H,11-12,17-31,69H2,1-10H3,(H2,70,89)(H2,71,90)(H,75,106)(H,76,95)(H,77,98)(H,78,97)(H,79,105)(H,80,101)(H,81,96)(H,82,99)(H,83,103)(H,84,100)(H,85,102)(H,86,104)(H,91,92)(H,93,94)(H,107,108)(H4,72,73,74)/t36-,39-,40-,41-,42-,43-,44-,45-,46-,47-,48-,49-,54-/m0/s1. The zero-order valence-electron chi connectivity index (χ0n) is 63.1. The van der Waals surface area contributed by atoms with Crippen molar-refractivity contribution in [3.05, 3.63) is 29.8 Å². The van der Waals surface area contributed by atoms with Crippen LogP contribution in [0.15, 0.2) is 29.3 Å². The van der Waals surface area contributed by atoms with Crippen LogP contribution in [0.4, 0.5) is 0 Å². The quantitative estimate of drug-likeness (QED) is 0.0164. The molecule has 0 saturated carbocycles. The summed E-state index contributed by atoms with van der Waals surface area (Å²) in [6, 6.07) is -15.8. The van der Waals surface area contributed by atoms with E-state index in [9.17, 15) is 107 Å². The number of guanidine groups is 1. The predicted octanol–water partition coefficient (Wildman–Crippen LogP) is -5.35. The monoisotopic (exact) mass is 1560 g/mol. The average Bonchev–Trinajstić information content (AvgIpc) is 0.855. The number of hydrogen-bond donors (Lipinski definition) is 22. The number of phenolic OH excluding ortho intramolecular Hbond substituents is 1. The minimum Gasteiger partial charge on any atom is -0.508 e. The molecule has 1 aromatic rings. The van der Waals surface area contributed by atoms with Gasteiger partial charge in [0.15, 0.2) is 5.96 Å². The third-order valence-corrected chi connectivity index (χ3v) is 16.9. The summed E-state index contributed by atoms with van der Waals surface area (Å²) in [5.74, 6) is -20.8. The molecule has 1 aromatic carbocycles. The van der Waals surface area contributed by atoms with Crippen LogP contribution in [0, 0.1) is 23.7 Å². The molecule has 40 nitrogen and oxygen atoms in total. The van der Waals surface area contributed by atoms with Gasteiger partial charge in [-0.25, -0.2) is 4.79 Å². The van der Waals surface area contributed by atoms with Gasteiger partial charge in [0.05, 0.1) is 19.1 Å². The van der Waals surface area contributed by atoms with E-state index in [0.29, 0.717) is 6.42 Å². The van der Waals surface area contributed by atoms with Crippen molar-refractivity contribution in [1.29, 1.82) is 0 Å². The summed E-state index contributed by atoms with van der Waals surface area (Å²) in [6.07, 6.45) is -3.88. The Morgan fingerprint density at radius 3 is 1.24 bits per heavy atom. The first-order chi connectivity index (χ1) is 50.9. The molecule has 0 aromatic heterocycles. The van der Waals surface area contributed by atoms with Gasteiger partial charge in [-0.15, -0.1) is 0 Å². The summed E-state index contributed by atoms with van der Waals surface area (Å²) in [6.45, 7) is 14.0. The number of hydrogen-bond acceptors (Lipinski definition) is 22. The highest BCUT2D eigenvalue weighted by atomic mass is 32.2. The number of primary amides is 2. The van der Waals surface area contributed by atoms with E-state index in [-0.39, 0.29) is 79.4 Å². The number of nitrogens with two attached hydrogens (primary N) is 5. The molecule has 27 N–H and O–H groups in total. The van der Waals surface area contributed by atoms with Crippen LogP contribution in [0.25, 0.3) is 0 Å². The number of carbonyl (C=O) groups is 17. The molecule has 41 heteroatoms. The summed E-state index contributed by atoms with van der Waals surface area (Å²) < 4.78 is 0. The van der Waals surface area contributed by atoms with E-state index in [1.165, 1.54) is 43.0 Å². The Kier molecular flexibility index (Phi) is 43.8. The van der Waals surface area contributed by atoms with Crippen LogP contribution in [-0.2, 0) is 87.9 Å². The molecule has 0 radical (unpaired) electrons. The number of rotatable bonds is 53. The van der Waals surface area contributed by atoms with Gasteiger partial charge in [-0.1, -0.05) is 67.5 Å². The van der Waals surface area contributed by atoms with Crippen LogP contribution >= 0.6 is 11.8 Å². The molecule has 0 aliphatic heterocycles. The van der Waals surface area contributed by atoms with E-state index in [1.54, 1.807) is 34.0 Å². The van der Waals surface area contributed by atoms with Gasteiger partial charge < -0.3 is 118 Å². The van der Waals surface area contributed by atoms with Crippen molar-refractivity contribution in [1.82, 2.24) is 63.8 Å². The van der Waals surface area contributed by atoms with Crippen LogP contribution in [-0.4, -0.2) is 236 Å². The molecule has 0 saturated heterocycles. The lowest BCUT2D eigenvalue weighted by Crippen LogP contribution is -2.61. The minimum absolute atomic E-state index is 0.00862. The van der Waals surface area contributed by atoms with E-state index in [0.717, 1.165) is 0 Å². The molecule has 1 rings (SSSR count). The van der Waals surface area contributed by atoms with E-state index >= 15 is 0 Å². The van der Waals surface area contributed by atoms with Crippen LogP contribution < -0.4 is 92.5 Å². The van der Waals surface area contributed by atoms with E-state index in [1.807, 2.05) is 27.7 Å². The lowest BCUT2D eigenvalue weighted by Gasteiger charge is -2.28. The number of carboxylic acid groups (broad SMARTS) is 3. The molecule has 109 heavy (non-hydrogen) atoms. The molecule has 14 amide bonds. The third kappa shape index (κ3) is 38.8. The minimum atomic E-state index is -2.08. The highest BCUT2D eigenvalue weighted by Crippen LogP contribution is 2.16. The fraction of sp³-hybridized carbons (Fsp3) is 0.647. The normalized spacial score (nSPS) is 14.8. The van der Waals surface area contributed by atoms with E-state index in [2.05, 4.69) is 68.8 Å². The Labute approximate surface area is 635 Å². The summed E-state index contributed by atoms with van der Waals surface area (Å²) in [5.41, 5.74) is 27.8. The number of nitrogens with zero attached hydrogens (tertiary/aromatic N) is 1. The number of aromatic hydroxyl groups is 1. The number of aliphatic carboxylic acids is 3. The van der Waals surface area contributed by atoms with Gasteiger partial charge in [0.25, 0.3) is 0 Å². The lowest BCUT2D eigenvalue weighted by molar-refractivity contribution is -0.142. The summed E-state index contributed by atoms with van der Waals surface area (Å²) in [7, 11) is 0. The number of carboxylic acids is 3. The van der Waals surface area contributed by atoms with Crippen molar-refractivity contribution >= 4 is 118 Å². The Balaban J connectivity index is 3.67. The van der Waals surface area contributed by atoms with Gasteiger partial charge in [-0.2, -0.15) is 11.8 Å². The van der Waals surface area contributed by atoms with Gasteiger partial charge in [-0.3, -0.25) is 81.7 Å². The van der Waals surface area contributed by atoms with Crippen molar-refractivity contribution in [2.75, 3.05) is 25.2 Å². The smallest absolute Gasteiger partial charge is 0.326 e.